The molecule has 1 amide bonds. The molecule has 1 aromatic heterocycles. The van der Waals surface area contributed by atoms with Crippen LogP contribution in [0.3, 0.4) is 0 Å². The lowest BCUT2D eigenvalue weighted by atomic mass is 10.1. The van der Waals surface area contributed by atoms with Gasteiger partial charge in [-0.25, -0.2) is 14.8 Å². The van der Waals surface area contributed by atoms with Crippen LogP contribution >= 0.6 is 23.4 Å². The number of nitrogens with zero attached hydrogens (tertiary/aromatic N) is 3. The standard InChI is InChI=1S/C15H22ClN3O2S/c1-10-8-12(16)18-13(17-10)22-11-6-5-7-19(9-11)14(20)21-15(2,3)4/h8,11H,5-7,9H2,1-4H3. The number of carbonyl (C=O) groups excluding carboxylic acids is 1. The van der Waals surface area contributed by atoms with Crippen LogP contribution in [0.1, 0.15) is 39.3 Å². The number of hydrogen-bond donors (Lipinski definition) is 0. The highest BCUT2D eigenvalue weighted by atomic mass is 35.5. The minimum atomic E-state index is -0.468. The Morgan fingerprint density at radius 1 is 1.45 bits per heavy atom. The molecule has 0 aromatic carbocycles. The summed E-state index contributed by atoms with van der Waals surface area (Å²) >= 11 is 7.55. The minimum absolute atomic E-state index is 0.249. The molecule has 7 heteroatoms. The normalized spacial score (nSPS) is 19.1. The van der Waals surface area contributed by atoms with Crippen molar-refractivity contribution in [2.24, 2.45) is 0 Å². The molecule has 2 heterocycles. The number of ether oxygens (including phenoxy) is 1. The molecule has 0 radical (unpaired) electrons. The summed E-state index contributed by atoms with van der Waals surface area (Å²) in [6, 6.07) is 1.74. The van der Waals surface area contributed by atoms with Crippen molar-refractivity contribution in [1.29, 1.82) is 0 Å². The SMILES string of the molecule is Cc1cc(Cl)nc(SC2CCCN(C(=O)OC(C)(C)C)C2)n1. The highest BCUT2D eigenvalue weighted by Crippen LogP contribution is 2.28. The molecule has 1 atom stereocenters. The van der Waals surface area contributed by atoms with E-state index in [9.17, 15) is 4.79 Å². The smallest absolute Gasteiger partial charge is 0.410 e. The van der Waals surface area contributed by atoms with E-state index < -0.39 is 5.60 Å². The lowest BCUT2D eigenvalue weighted by Gasteiger charge is -2.33. The van der Waals surface area contributed by atoms with E-state index in [1.54, 1.807) is 22.7 Å². The summed E-state index contributed by atoms with van der Waals surface area (Å²) < 4.78 is 5.44. The maximum atomic E-state index is 12.2. The van der Waals surface area contributed by atoms with Crippen molar-refractivity contribution >= 4 is 29.5 Å². The van der Waals surface area contributed by atoms with E-state index in [1.165, 1.54) is 0 Å². The number of carbonyl (C=O) groups is 1. The topological polar surface area (TPSA) is 55.3 Å². The average molecular weight is 344 g/mol. The first kappa shape index (κ1) is 17.3. The van der Waals surface area contributed by atoms with Gasteiger partial charge in [-0.3, -0.25) is 0 Å². The Morgan fingerprint density at radius 2 is 2.18 bits per heavy atom. The van der Waals surface area contributed by atoms with E-state index in [0.717, 1.165) is 25.1 Å². The third-order valence-corrected chi connectivity index (χ3v) is 4.41. The number of aryl methyl sites for hydroxylation is 1. The second kappa shape index (κ2) is 7.04. The van der Waals surface area contributed by atoms with Crippen molar-refractivity contribution in [3.8, 4) is 0 Å². The average Bonchev–Trinajstić information content (AvgIpc) is 2.35. The van der Waals surface area contributed by atoms with Crippen molar-refractivity contribution in [2.45, 2.75) is 56.5 Å². The Morgan fingerprint density at radius 3 is 2.82 bits per heavy atom. The van der Waals surface area contributed by atoms with Gasteiger partial charge in [0.25, 0.3) is 0 Å². The first-order valence-corrected chi connectivity index (χ1v) is 8.64. The zero-order valence-electron chi connectivity index (χ0n) is 13.4. The molecular formula is C15H22ClN3O2S. The van der Waals surface area contributed by atoms with Gasteiger partial charge in [0.2, 0.25) is 0 Å². The second-order valence-electron chi connectivity index (χ2n) is 6.42. The zero-order valence-corrected chi connectivity index (χ0v) is 15.0. The van der Waals surface area contributed by atoms with Crippen molar-refractivity contribution in [1.82, 2.24) is 14.9 Å². The molecular weight excluding hydrogens is 322 g/mol. The van der Waals surface area contributed by atoms with E-state index in [0.29, 0.717) is 16.9 Å². The predicted octanol–water partition coefficient (Wildman–Crippen LogP) is 3.93. The van der Waals surface area contributed by atoms with Gasteiger partial charge >= 0.3 is 6.09 Å². The Balaban J connectivity index is 1.97. The largest absolute Gasteiger partial charge is 0.444 e. The molecule has 1 aliphatic rings. The van der Waals surface area contributed by atoms with Gasteiger partial charge in [0.05, 0.1) is 0 Å². The van der Waals surface area contributed by atoms with Crippen LogP contribution in [0.15, 0.2) is 11.2 Å². The minimum Gasteiger partial charge on any atom is -0.444 e. The van der Waals surface area contributed by atoms with Gasteiger partial charge in [-0.05, 0) is 46.6 Å². The van der Waals surface area contributed by atoms with Gasteiger partial charge in [-0.2, -0.15) is 0 Å². The third kappa shape index (κ3) is 5.32. The molecule has 0 N–H and O–H groups in total. The highest BCUT2D eigenvalue weighted by Gasteiger charge is 2.28. The van der Waals surface area contributed by atoms with E-state index in [-0.39, 0.29) is 11.3 Å². The Kier molecular flexibility index (Phi) is 5.55. The molecule has 1 aromatic rings. The first-order valence-electron chi connectivity index (χ1n) is 7.39. The number of hydrogen-bond acceptors (Lipinski definition) is 5. The summed E-state index contributed by atoms with van der Waals surface area (Å²) in [7, 11) is 0. The number of piperidine rings is 1. The molecule has 2 rings (SSSR count). The van der Waals surface area contributed by atoms with E-state index >= 15 is 0 Å². The van der Waals surface area contributed by atoms with Gasteiger partial charge in [0.1, 0.15) is 10.8 Å². The number of rotatable bonds is 2. The molecule has 1 unspecified atom stereocenters. The monoisotopic (exact) mass is 343 g/mol. The lowest BCUT2D eigenvalue weighted by molar-refractivity contribution is 0.0220. The fourth-order valence-corrected chi connectivity index (χ4v) is 3.71. The summed E-state index contributed by atoms with van der Waals surface area (Å²) in [5.41, 5.74) is 0.381. The summed E-state index contributed by atoms with van der Waals surface area (Å²) in [5, 5.41) is 1.38. The molecule has 0 bridgehead atoms. The lowest BCUT2D eigenvalue weighted by Crippen LogP contribution is -2.43. The van der Waals surface area contributed by atoms with Crippen LogP contribution in [0, 0.1) is 6.92 Å². The Bertz CT molecular complexity index is 528. The Hall–Kier alpha value is -1.01. The molecule has 1 aliphatic heterocycles. The van der Waals surface area contributed by atoms with Crippen molar-refractivity contribution in [2.75, 3.05) is 13.1 Å². The fraction of sp³-hybridized carbons (Fsp3) is 0.667. The molecule has 1 fully saturated rings. The second-order valence-corrected chi connectivity index (χ2v) is 8.08. The van der Waals surface area contributed by atoms with Crippen LogP contribution in [-0.4, -0.2) is 44.9 Å². The maximum Gasteiger partial charge on any atom is 0.410 e. The zero-order chi connectivity index (χ0) is 16.3. The van der Waals surface area contributed by atoms with Crippen molar-refractivity contribution < 1.29 is 9.53 Å². The number of halogens is 1. The van der Waals surface area contributed by atoms with Gasteiger partial charge in [0.15, 0.2) is 5.16 Å². The predicted molar refractivity (Wildman–Crippen MR) is 88.5 cm³/mol. The molecule has 0 aliphatic carbocycles. The van der Waals surface area contributed by atoms with Crippen LogP contribution in [0.4, 0.5) is 4.79 Å². The summed E-state index contributed by atoms with van der Waals surface area (Å²) in [5.74, 6) is 0. The van der Waals surface area contributed by atoms with Crippen LogP contribution < -0.4 is 0 Å². The van der Waals surface area contributed by atoms with Crippen LogP contribution in [0.25, 0.3) is 0 Å². The van der Waals surface area contributed by atoms with Gasteiger partial charge in [-0.15, -0.1) is 0 Å². The van der Waals surface area contributed by atoms with Crippen molar-refractivity contribution in [3.05, 3.63) is 16.9 Å². The third-order valence-electron chi connectivity index (χ3n) is 3.10. The van der Waals surface area contributed by atoms with Gasteiger partial charge in [-0.1, -0.05) is 23.4 Å². The van der Waals surface area contributed by atoms with Gasteiger partial charge < -0.3 is 9.64 Å². The molecule has 0 spiro atoms. The van der Waals surface area contributed by atoms with E-state index in [4.69, 9.17) is 16.3 Å². The highest BCUT2D eigenvalue weighted by molar-refractivity contribution is 7.99. The Labute approximate surface area is 140 Å². The quantitative estimate of drug-likeness (QED) is 0.601. The van der Waals surface area contributed by atoms with Crippen LogP contribution in [0.5, 0.6) is 0 Å². The van der Waals surface area contributed by atoms with E-state index in [2.05, 4.69) is 9.97 Å². The molecule has 5 nitrogen and oxygen atoms in total. The fourth-order valence-electron chi connectivity index (χ4n) is 2.23. The van der Waals surface area contributed by atoms with Crippen LogP contribution in [0.2, 0.25) is 5.15 Å². The molecule has 122 valence electrons. The molecule has 0 saturated carbocycles. The summed E-state index contributed by atoms with van der Waals surface area (Å²) in [6.45, 7) is 8.92. The first-order chi connectivity index (χ1) is 10.2. The maximum absolute atomic E-state index is 12.2. The molecule has 22 heavy (non-hydrogen) atoms. The number of aromatic nitrogens is 2. The molecule has 1 saturated heterocycles. The summed E-state index contributed by atoms with van der Waals surface area (Å²) in [4.78, 5) is 22.6. The number of likely N-dealkylation sites (tertiary alicyclic amines) is 1. The van der Waals surface area contributed by atoms with E-state index in [1.807, 2.05) is 27.7 Å². The van der Waals surface area contributed by atoms with Gasteiger partial charge in [0, 0.05) is 24.0 Å². The summed E-state index contributed by atoms with van der Waals surface area (Å²) in [6.07, 6.45) is 1.73. The van der Waals surface area contributed by atoms with Crippen LogP contribution in [-0.2, 0) is 4.74 Å². The number of thioether (sulfide) groups is 1. The van der Waals surface area contributed by atoms with Crippen molar-refractivity contribution in [3.63, 3.8) is 0 Å². The number of amides is 1.